The fourth-order valence-corrected chi connectivity index (χ4v) is 5.91. The van der Waals surface area contributed by atoms with Gasteiger partial charge in [-0.15, -0.1) is 0 Å². The maximum atomic E-state index is 14.2. The third-order valence-electron chi connectivity index (χ3n) is 9.15. The Bertz CT molecular complexity index is 1820. The van der Waals surface area contributed by atoms with Crippen LogP contribution in [-0.2, 0) is 54.3 Å². The molecule has 7 amide bonds. The Morgan fingerprint density at radius 2 is 1.48 bits per heavy atom. The number of hydrogen-bond acceptors (Lipinski definition) is 11. The van der Waals surface area contributed by atoms with Crippen molar-refractivity contribution in [2.24, 2.45) is 11.8 Å². The fraction of sp³-hybridized carbons (Fsp3) is 0.537. The van der Waals surface area contributed by atoms with Crippen molar-refractivity contribution in [3.05, 3.63) is 53.3 Å². The minimum Gasteiger partial charge on any atom is -0.508 e. The second-order valence-corrected chi connectivity index (χ2v) is 15.6. The Morgan fingerprint density at radius 1 is 0.850 bits per heavy atom. The minimum atomic E-state index is -1.73. The van der Waals surface area contributed by atoms with Gasteiger partial charge >= 0.3 is 11.9 Å². The molecule has 0 radical (unpaired) electrons. The highest BCUT2D eigenvalue weighted by Crippen LogP contribution is 2.15. The Kier molecular flexibility index (Phi) is 19.4. The zero-order valence-corrected chi connectivity index (χ0v) is 35.5. The van der Waals surface area contributed by atoms with Gasteiger partial charge in [0.25, 0.3) is 5.91 Å². The van der Waals surface area contributed by atoms with Crippen molar-refractivity contribution in [2.75, 3.05) is 0 Å². The Morgan fingerprint density at radius 3 is 2.03 bits per heavy atom. The molecule has 9 N–H and O–H groups in total. The summed E-state index contributed by atoms with van der Waals surface area (Å²) >= 11 is 0. The number of phenolic OH excluding ortho intramolecular Hbond substituents is 1. The molecule has 0 aliphatic carbocycles. The number of phenols is 1. The van der Waals surface area contributed by atoms with Gasteiger partial charge in [0.2, 0.25) is 35.4 Å². The highest BCUT2D eigenvalue weighted by atomic mass is 16.5. The lowest BCUT2D eigenvalue weighted by Gasteiger charge is -2.30. The van der Waals surface area contributed by atoms with Crippen LogP contribution in [0.1, 0.15) is 87.1 Å². The van der Waals surface area contributed by atoms with Gasteiger partial charge < -0.3 is 52.2 Å². The van der Waals surface area contributed by atoms with Gasteiger partial charge in [-0.05, 0) is 77.0 Å². The van der Waals surface area contributed by atoms with Gasteiger partial charge in [-0.2, -0.15) is 0 Å². The molecule has 0 bridgehead atoms. The topological polar surface area (TPSA) is 288 Å². The number of cyclic esters (lactones) is 1. The zero-order valence-electron chi connectivity index (χ0n) is 35.5. The number of aromatic hydroxyl groups is 1. The zero-order chi connectivity index (χ0) is 45.4. The molecule has 1 aromatic rings. The number of carboxylic acids is 1. The average Bonchev–Trinajstić information content (AvgIpc) is 3.15. The van der Waals surface area contributed by atoms with E-state index in [2.05, 4.69) is 37.2 Å². The van der Waals surface area contributed by atoms with Gasteiger partial charge in [-0.25, -0.2) is 4.79 Å². The molecule has 7 atom stereocenters. The third kappa shape index (κ3) is 16.2. The molecule has 330 valence electrons. The number of ether oxygens (including phenoxy) is 1. The summed E-state index contributed by atoms with van der Waals surface area (Å²) in [7, 11) is 0. The van der Waals surface area contributed by atoms with E-state index in [1.54, 1.807) is 41.5 Å². The highest BCUT2D eigenvalue weighted by Gasteiger charge is 2.38. The van der Waals surface area contributed by atoms with Crippen LogP contribution in [0.15, 0.2) is 47.7 Å². The van der Waals surface area contributed by atoms with E-state index >= 15 is 0 Å². The van der Waals surface area contributed by atoms with Crippen LogP contribution in [0.25, 0.3) is 0 Å². The second-order valence-electron chi connectivity index (χ2n) is 15.6. The molecular formula is C41H59N7O12. The van der Waals surface area contributed by atoms with Crippen LogP contribution >= 0.6 is 0 Å². The number of carboxylic acid groups (broad SMARTS) is 1. The molecule has 2 rings (SSSR count). The number of rotatable bonds is 14. The summed E-state index contributed by atoms with van der Waals surface area (Å²) in [5, 5.41) is 36.7. The number of esters is 1. The molecule has 1 saturated heterocycles. The summed E-state index contributed by atoms with van der Waals surface area (Å²) in [6.45, 7) is 14.3. The maximum absolute atomic E-state index is 14.2. The second kappa shape index (κ2) is 23.4. The largest absolute Gasteiger partial charge is 0.508 e. The number of allylic oxidation sites excluding steroid dienone is 2. The van der Waals surface area contributed by atoms with E-state index in [1.807, 2.05) is 0 Å². The molecule has 1 aliphatic rings. The van der Waals surface area contributed by atoms with E-state index in [4.69, 9.17) is 4.74 Å². The van der Waals surface area contributed by atoms with Crippen molar-refractivity contribution >= 4 is 53.3 Å². The molecule has 1 fully saturated rings. The Labute approximate surface area is 349 Å². The quantitative estimate of drug-likeness (QED) is 0.0907. The van der Waals surface area contributed by atoms with Crippen molar-refractivity contribution in [2.45, 2.75) is 130 Å². The monoisotopic (exact) mass is 841 g/mol. The summed E-state index contributed by atoms with van der Waals surface area (Å²) in [6.07, 6.45) is -0.0261. The van der Waals surface area contributed by atoms with E-state index in [0.29, 0.717) is 11.1 Å². The predicted molar refractivity (Wildman–Crippen MR) is 217 cm³/mol. The van der Waals surface area contributed by atoms with Gasteiger partial charge in [0.15, 0.2) is 0 Å². The van der Waals surface area contributed by atoms with E-state index in [0.717, 1.165) is 0 Å². The van der Waals surface area contributed by atoms with Crippen LogP contribution in [0.3, 0.4) is 0 Å². The first kappa shape index (κ1) is 49.9. The van der Waals surface area contributed by atoms with E-state index < -0.39 is 108 Å². The Balaban J connectivity index is 2.63. The number of aliphatic carboxylic acids is 1. The van der Waals surface area contributed by atoms with E-state index in [1.165, 1.54) is 57.2 Å². The van der Waals surface area contributed by atoms with E-state index in [9.17, 15) is 53.4 Å². The number of carbonyl (C=O) groups excluding carboxylic acids is 8. The van der Waals surface area contributed by atoms with Crippen LogP contribution in [0.4, 0.5) is 0 Å². The molecule has 1 aliphatic heterocycles. The maximum Gasteiger partial charge on any atom is 0.328 e. The number of amides is 7. The number of nitrogens with one attached hydrogen (secondary N) is 7. The van der Waals surface area contributed by atoms with Gasteiger partial charge in [-0.1, -0.05) is 51.5 Å². The Hall–Kier alpha value is -6.27. The van der Waals surface area contributed by atoms with Crippen molar-refractivity contribution in [1.29, 1.82) is 0 Å². The molecule has 60 heavy (non-hydrogen) atoms. The summed E-state index contributed by atoms with van der Waals surface area (Å²) < 4.78 is 5.70. The molecular weight excluding hydrogens is 782 g/mol. The lowest BCUT2D eigenvalue weighted by atomic mass is 10.00. The lowest BCUT2D eigenvalue weighted by molar-refractivity contribution is -0.156. The van der Waals surface area contributed by atoms with Crippen LogP contribution < -0.4 is 37.2 Å². The van der Waals surface area contributed by atoms with Crippen molar-refractivity contribution in [3.63, 3.8) is 0 Å². The first-order valence-electron chi connectivity index (χ1n) is 19.7. The van der Waals surface area contributed by atoms with E-state index in [-0.39, 0.29) is 36.6 Å². The molecule has 0 spiro atoms. The van der Waals surface area contributed by atoms with Crippen molar-refractivity contribution < 1.29 is 58.1 Å². The number of carbonyl (C=O) groups is 9. The standard InChI is InChI=1S/C41H59N7O12/c1-10-27-36(54)44-28(15-16-32(51)52)37(55)46-30(17-20(2)3)41(59)60-24(9)34(40(58)42-23(8)35(53)43-27)48-38(56)29(19-25-11-13-26(49)14-12-25)45-39(57)33(22(6)7)47-31(50)18-21(4)5/h10-14,18,20,22-24,28-30,33-34,49H,15-17,19H2,1-9H3,(H,42,58)(H,43,53)(H,44,54)(H,45,57)(H,46,55)(H,47,50)(H,48,56)(H,51,52)/b27-10-/t23-,24+,28+,29-,30-,33-,34-/m0/s1. The van der Waals surface area contributed by atoms with Gasteiger partial charge in [-0.3, -0.25) is 38.4 Å². The predicted octanol–water partition coefficient (Wildman–Crippen LogP) is 0.362. The molecule has 0 saturated carbocycles. The summed E-state index contributed by atoms with van der Waals surface area (Å²) in [5.74, 6) is -9.01. The molecule has 19 heteroatoms. The fourth-order valence-electron chi connectivity index (χ4n) is 5.91. The van der Waals surface area contributed by atoms with Crippen LogP contribution in [0, 0.1) is 11.8 Å². The minimum absolute atomic E-state index is 0.00915. The van der Waals surface area contributed by atoms with Crippen molar-refractivity contribution in [1.82, 2.24) is 37.2 Å². The van der Waals surface area contributed by atoms with Crippen molar-refractivity contribution in [3.8, 4) is 5.75 Å². The van der Waals surface area contributed by atoms with Gasteiger partial charge in [0.05, 0.1) is 0 Å². The van der Waals surface area contributed by atoms with Gasteiger partial charge in [0.1, 0.15) is 53.8 Å². The van der Waals surface area contributed by atoms with Gasteiger partial charge in [0, 0.05) is 18.9 Å². The molecule has 1 heterocycles. The first-order valence-corrected chi connectivity index (χ1v) is 19.7. The third-order valence-corrected chi connectivity index (χ3v) is 9.15. The highest BCUT2D eigenvalue weighted by molar-refractivity contribution is 6.02. The van der Waals surface area contributed by atoms with Crippen LogP contribution in [-0.4, -0.2) is 106 Å². The average molecular weight is 842 g/mol. The molecule has 0 aromatic heterocycles. The van der Waals surface area contributed by atoms with Crippen LogP contribution in [0.2, 0.25) is 0 Å². The van der Waals surface area contributed by atoms with Crippen LogP contribution in [0.5, 0.6) is 5.75 Å². The smallest absolute Gasteiger partial charge is 0.328 e. The normalized spacial score (nSPS) is 22.3. The molecule has 0 unspecified atom stereocenters. The first-order chi connectivity index (χ1) is 28.0. The number of benzene rings is 1. The SMILES string of the molecule is C/C=C1\NC(=O)[C@H](C)NC(=O)[C@@H](NC(=O)[C@H](Cc2ccc(O)cc2)NC(=O)[C@@H](NC(=O)C=C(C)C)C(C)C)[C@@H](C)OC(=O)[C@H](CC(C)C)NC(=O)[C@@H](CCC(=O)O)NC1=O. The molecule has 19 nitrogen and oxygen atoms in total. The lowest BCUT2D eigenvalue weighted by Crippen LogP contribution is -2.62. The molecule has 1 aromatic carbocycles. The summed E-state index contributed by atoms with van der Waals surface area (Å²) in [5.41, 5.74) is 0.829. The number of hydrogen-bond donors (Lipinski definition) is 9. The summed E-state index contributed by atoms with van der Waals surface area (Å²) in [6, 6.07) is -2.70. The summed E-state index contributed by atoms with van der Waals surface area (Å²) in [4.78, 5) is 120.